The lowest BCUT2D eigenvalue weighted by Crippen LogP contribution is -2.47. The summed E-state index contributed by atoms with van der Waals surface area (Å²) in [6.07, 6.45) is 1.92. The molecule has 4 aromatic rings. The van der Waals surface area contributed by atoms with Crippen LogP contribution in [0, 0.1) is 5.41 Å². The van der Waals surface area contributed by atoms with E-state index in [1.54, 1.807) is 32.9 Å². The third-order valence-electron chi connectivity index (χ3n) is 14.0. The minimum atomic E-state index is -6.16. The van der Waals surface area contributed by atoms with Gasteiger partial charge >= 0.3 is 19.3 Å². The molecule has 438 valence electrons. The maximum Gasteiger partial charge on any atom is 0.510 e. The van der Waals surface area contributed by atoms with Crippen LogP contribution >= 0.6 is 31.0 Å². The van der Waals surface area contributed by atoms with Gasteiger partial charge in [-0.3, -0.25) is 23.7 Å². The summed E-state index contributed by atoms with van der Waals surface area (Å²) in [5, 5.41) is 3.69. The monoisotopic (exact) mass is 1210 g/mol. The van der Waals surface area contributed by atoms with Gasteiger partial charge in [0, 0.05) is 98.4 Å². The molecule has 7 rings (SSSR count). The molecule has 2 aliphatic heterocycles. The number of nitrogens with one attached hydrogen (secondary N) is 2. The third-order valence-corrected chi connectivity index (χ3v) is 20.2. The topological polar surface area (TPSA) is 193 Å². The van der Waals surface area contributed by atoms with Crippen molar-refractivity contribution in [2.75, 3.05) is 101 Å². The fraction of sp³-hybridized carbons (Fsp3) is 0.491. The average molecular weight is 1210 g/mol. The number of ether oxygens (including phenoxy) is 2. The predicted octanol–water partition coefficient (Wildman–Crippen LogP) is 10.8. The zero-order valence-corrected chi connectivity index (χ0v) is 49.7. The van der Waals surface area contributed by atoms with E-state index in [-0.39, 0.29) is 29.6 Å². The smallest absolute Gasteiger partial charge is 0.432 e. The van der Waals surface area contributed by atoms with Crippen LogP contribution in [0.4, 0.5) is 29.3 Å². The zero-order valence-electron chi connectivity index (χ0n) is 45.6. The van der Waals surface area contributed by atoms with Gasteiger partial charge in [-0.1, -0.05) is 61.4 Å². The Morgan fingerprint density at radius 1 is 0.838 bits per heavy atom. The highest BCUT2D eigenvalue weighted by atomic mass is 35.5. The van der Waals surface area contributed by atoms with Crippen LogP contribution in [0.1, 0.15) is 76.2 Å². The number of benzene rings is 4. The van der Waals surface area contributed by atoms with Crippen LogP contribution in [0.2, 0.25) is 5.02 Å². The maximum atomic E-state index is 14.4. The average Bonchev–Trinajstić information content (AvgIpc) is 3.57. The molecule has 4 aromatic carbocycles. The normalized spacial score (nSPS) is 18.1. The largest absolute Gasteiger partial charge is 0.510 e. The molecule has 1 unspecified atom stereocenters. The lowest BCUT2D eigenvalue weighted by Gasteiger charge is -2.39. The van der Waals surface area contributed by atoms with E-state index in [1.807, 2.05) is 52.1 Å². The molecule has 2 atom stereocenters. The number of halogens is 4. The van der Waals surface area contributed by atoms with Crippen LogP contribution in [0.5, 0.6) is 0 Å². The quantitative estimate of drug-likeness (QED) is 0.0291. The first kappa shape index (κ1) is 62.9. The molecule has 0 radical (unpaired) electrons. The van der Waals surface area contributed by atoms with Crippen LogP contribution < -0.4 is 14.9 Å². The first-order chi connectivity index (χ1) is 37.8. The highest BCUT2D eigenvalue weighted by molar-refractivity contribution is 7.99. The molecule has 25 heteroatoms. The van der Waals surface area contributed by atoms with Crippen molar-refractivity contribution in [3.63, 3.8) is 0 Å². The maximum absolute atomic E-state index is 14.4. The van der Waals surface area contributed by atoms with Gasteiger partial charge in [0.1, 0.15) is 11.2 Å². The second-order valence-corrected chi connectivity index (χ2v) is 28.1. The van der Waals surface area contributed by atoms with E-state index >= 15 is 0 Å². The summed E-state index contributed by atoms with van der Waals surface area (Å²) in [5.41, 5.74) is -1.29. The predicted molar refractivity (Wildman–Crippen MR) is 305 cm³/mol. The third kappa shape index (κ3) is 17.7. The van der Waals surface area contributed by atoms with Crippen molar-refractivity contribution in [2.24, 2.45) is 5.41 Å². The molecule has 2 N–H and O–H groups in total. The molecule has 0 saturated carbocycles. The Labute approximate surface area is 477 Å². The molecule has 2 fully saturated rings. The molecule has 17 nitrogen and oxygen atoms in total. The van der Waals surface area contributed by atoms with Crippen molar-refractivity contribution >= 4 is 79.8 Å². The van der Waals surface area contributed by atoms with Crippen molar-refractivity contribution < 1.29 is 62.7 Å². The Balaban J connectivity index is 0.989. The number of piperazine rings is 2. The number of nitrogens with zero attached hydrogens (tertiary/aromatic N) is 4. The molecular weight excluding hydrogens is 1140 g/mol. The lowest BCUT2D eigenvalue weighted by molar-refractivity contribution is -0.0436. The van der Waals surface area contributed by atoms with Crippen LogP contribution in [0.15, 0.2) is 117 Å². The number of hydrogen-bond acceptors (Lipinski definition) is 17. The van der Waals surface area contributed by atoms with Crippen LogP contribution in [0.25, 0.3) is 5.57 Å². The summed E-state index contributed by atoms with van der Waals surface area (Å²) in [7, 11) is -14.8. The Morgan fingerprint density at radius 3 is 2.12 bits per heavy atom. The van der Waals surface area contributed by atoms with E-state index in [2.05, 4.69) is 46.0 Å². The van der Waals surface area contributed by atoms with Crippen molar-refractivity contribution in [2.45, 2.75) is 92.6 Å². The number of carbonyl (C=O) groups is 2. The second-order valence-electron chi connectivity index (χ2n) is 21.0. The van der Waals surface area contributed by atoms with Gasteiger partial charge in [0.05, 0.1) is 23.3 Å². The number of allylic oxidation sites excluding steroid dienone is 1. The summed E-state index contributed by atoms with van der Waals surface area (Å²) in [6.45, 7) is 15.1. The van der Waals surface area contributed by atoms with E-state index in [4.69, 9.17) is 30.1 Å². The molecule has 0 aromatic heterocycles. The number of thioether (sulfide) groups is 1. The number of sulfonamides is 1. The number of carbonyl (C=O) groups excluding carboxylic acids is 2. The number of alkyl halides is 3. The van der Waals surface area contributed by atoms with Gasteiger partial charge in [-0.05, 0) is 130 Å². The van der Waals surface area contributed by atoms with Crippen molar-refractivity contribution in [1.29, 1.82) is 0 Å². The fourth-order valence-corrected chi connectivity index (χ4v) is 14.5. The minimum Gasteiger partial charge on any atom is -0.432 e. The zero-order chi connectivity index (χ0) is 57.9. The minimum absolute atomic E-state index is 0.0358. The molecular formula is C55H71ClF3N6O11PS3. The van der Waals surface area contributed by atoms with Gasteiger partial charge < -0.3 is 29.1 Å². The summed E-state index contributed by atoms with van der Waals surface area (Å²) < 4.78 is 134. The van der Waals surface area contributed by atoms with E-state index in [1.165, 1.54) is 40.6 Å². The highest BCUT2D eigenvalue weighted by Crippen LogP contribution is 2.49. The first-order valence-electron chi connectivity index (χ1n) is 26.5. The molecule has 3 aliphatic rings. The molecule has 2 heterocycles. The van der Waals surface area contributed by atoms with Gasteiger partial charge in [0.2, 0.25) is 6.79 Å². The Hall–Kier alpha value is -4.68. The van der Waals surface area contributed by atoms with Crippen LogP contribution in [-0.4, -0.2) is 152 Å². The highest BCUT2D eigenvalue weighted by Gasteiger charge is 2.48. The lowest BCUT2D eigenvalue weighted by atomic mass is 9.73. The Bertz CT molecular complexity index is 3050. The van der Waals surface area contributed by atoms with Crippen LogP contribution in [0.3, 0.4) is 0 Å². The van der Waals surface area contributed by atoms with Crippen molar-refractivity contribution in [3.8, 4) is 0 Å². The number of rotatable bonds is 24. The van der Waals surface area contributed by atoms with Crippen molar-refractivity contribution in [1.82, 2.24) is 19.4 Å². The van der Waals surface area contributed by atoms with Gasteiger partial charge in [0.15, 0.2) is 0 Å². The Kier molecular flexibility index (Phi) is 21.7. The molecule has 0 bridgehead atoms. The van der Waals surface area contributed by atoms with E-state index in [9.17, 15) is 44.2 Å². The molecule has 1 aliphatic carbocycles. The van der Waals surface area contributed by atoms with Gasteiger partial charge in [0.25, 0.3) is 25.8 Å². The molecule has 2 saturated heterocycles. The first-order valence-corrected chi connectivity index (χ1v) is 32.6. The summed E-state index contributed by atoms with van der Waals surface area (Å²) >= 11 is 7.59. The van der Waals surface area contributed by atoms with Crippen LogP contribution in [-0.2, 0) is 42.9 Å². The fourth-order valence-electron chi connectivity index (χ4n) is 9.76. The summed E-state index contributed by atoms with van der Waals surface area (Å²) in [5.74, 6) is -0.791. The van der Waals surface area contributed by atoms with Gasteiger partial charge in [-0.2, -0.15) is 13.2 Å². The molecule has 0 spiro atoms. The second kappa shape index (κ2) is 27.6. The number of hydrogen-bond donors (Lipinski definition) is 2. The van der Waals surface area contributed by atoms with Gasteiger partial charge in [-0.25, -0.2) is 26.4 Å². The summed E-state index contributed by atoms with van der Waals surface area (Å²) in [4.78, 5) is 32.5. The summed E-state index contributed by atoms with van der Waals surface area (Å²) in [6, 6.07) is 25.3. The number of sulfone groups is 1. The van der Waals surface area contributed by atoms with Gasteiger partial charge in [-0.15, -0.1) is 11.8 Å². The number of amides is 1. The Morgan fingerprint density at radius 2 is 1.49 bits per heavy atom. The molecule has 80 heavy (non-hydrogen) atoms. The van der Waals surface area contributed by atoms with E-state index < -0.39 is 79.4 Å². The van der Waals surface area contributed by atoms with E-state index in [0.29, 0.717) is 63.3 Å². The number of anilines is 2. The molecule has 1 amide bonds. The standard InChI is InChI=1S/C55H71ClF3N6O11PS3/c1-6-74-77(68,75-39-73-53(67)76-40(2)3)38-64-28-26-62(27-29-64)25-23-45(37-78-47-10-8-7-9-11-47)60-50-21-20-48(34-51(50)79(69,70)55(57,58)59)80(71,72)61-52(66)42-14-18-46(19-15-42)65-32-30-63(31-33-65)36-43-35-54(4,5)24-22-49(43)41-12-16-44(56)17-13-41/h7-21,34,40,45,60H,6,22-33,35-39H2,1-5H3,(H,61,66)/t45-,77?/m1/s1. The SMILES string of the molecule is CCOP(=O)(CN1CCN(CC[C@H](CSc2ccccc2)Nc2ccc(S(=O)(=O)NC(=O)c3ccc(N4CCN(CC5=C(c6ccc(Cl)cc6)CCC(C)(C)C5)CC4)cc3)cc2S(=O)(=O)C(F)(F)F)CC1)OCOC(=O)OC(C)C. The van der Waals surface area contributed by atoms with Crippen molar-refractivity contribution in [3.05, 3.63) is 119 Å². The van der Waals surface area contributed by atoms with E-state index in [0.717, 1.165) is 61.6 Å².